The fraction of sp³-hybridized carbons (Fsp3) is 0.250. The molecule has 1 saturated heterocycles. The van der Waals surface area contributed by atoms with Gasteiger partial charge in [0.1, 0.15) is 0 Å². The summed E-state index contributed by atoms with van der Waals surface area (Å²) in [6.07, 6.45) is 0. The maximum Gasteiger partial charge on any atom is 0.186 e. The normalized spacial score (nSPS) is 16.3. The molecule has 4 heteroatoms. The van der Waals surface area contributed by atoms with Crippen LogP contribution >= 0.6 is 0 Å². The second-order valence-electron chi connectivity index (χ2n) is 8.65. The van der Waals surface area contributed by atoms with Crippen LogP contribution < -0.4 is 0 Å². The summed E-state index contributed by atoms with van der Waals surface area (Å²) in [5, 5.41) is 1.01. The highest BCUT2D eigenvalue weighted by Gasteiger charge is 2.33. The number of hydrogen-bond acceptors (Lipinski definition) is 3. The number of benzene rings is 3. The number of carbonyl (C=O) groups excluding carboxylic acids is 1. The number of nitrogens with zero attached hydrogens (tertiary/aromatic N) is 2. The van der Waals surface area contributed by atoms with Gasteiger partial charge in [0.05, 0.1) is 6.04 Å². The highest BCUT2D eigenvalue weighted by atomic mass is 16.1. The minimum Gasteiger partial charge on any atom is -0.358 e. The van der Waals surface area contributed by atoms with E-state index >= 15 is 0 Å². The zero-order chi connectivity index (χ0) is 21.9. The van der Waals surface area contributed by atoms with Gasteiger partial charge in [-0.25, -0.2) is 0 Å². The third-order valence-electron chi connectivity index (χ3n) is 6.52. The number of aromatic amines is 1. The molecule has 3 aromatic carbocycles. The van der Waals surface area contributed by atoms with E-state index < -0.39 is 0 Å². The Bertz CT molecular complexity index is 1190. The third kappa shape index (κ3) is 4.12. The molecule has 0 bridgehead atoms. The Morgan fingerprint density at radius 2 is 1.47 bits per heavy atom. The molecule has 2 heterocycles. The van der Waals surface area contributed by atoms with E-state index in [-0.39, 0.29) is 11.8 Å². The summed E-state index contributed by atoms with van der Waals surface area (Å²) in [5.74, 6) is 0.183. The van der Waals surface area contributed by atoms with Crippen molar-refractivity contribution >= 4 is 16.7 Å². The van der Waals surface area contributed by atoms with E-state index in [1.165, 1.54) is 5.56 Å². The van der Waals surface area contributed by atoms with Crippen LogP contribution in [0.5, 0.6) is 0 Å². The number of piperazine rings is 1. The molecule has 4 aromatic rings. The van der Waals surface area contributed by atoms with Crippen molar-refractivity contribution in [2.75, 3.05) is 26.2 Å². The first-order valence-corrected chi connectivity index (χ1v) is 11.4. The van der Waals surface area contributed by atoms with Crippen LogP contribution in [0.4, 0.5) is 0 Å². The maximum atomic E-state index is 14.0. The van der Waals surface area contributed by atoms with E-state index in [1.807, 2.05) is 49.4 Å². The molecule has 0 unspecified atom stereocenters. The van der Waals surface area contributed by atoms with Gasteiger partial charge in [-0.3, -0.25) is 14.6 Å². The summed E-state index contributed by atoms with van der Waals surface area (Å²) in [7, 11) is 0. The van der Waals surface area contributed by atoms with Crippen molar-refractivity contribution < 1.29 is 4.79 Å². The Balaban J connectivity index is 1.41. The van der Waals surface area contributed by atoms with Gasteiger partial charge in [-0.15, -0.1) is 0 Å². The lowest BCUT2D eigenvalue weighted by molar-refractivity contribution is 0.0651. The molecule has 0 saturated carbocycles. The molecule has 4 nitrogen and oxygen atoms in total. The first-order chi connectivity index (χ1) is 15.7. The van der Waals surface area contributed by atoms with Gasteiger partial charge in [0.2, 0.25) is 0 Å². The SMILES string of the molecule is Cc1[nH]c2ccccc2c1C(=O)[C@H](c1ccccc1)N1CCN(Cc2ccccc2)CC1. The number of H-pyrrole nitrogens is 1. The molecule has 1 aliphatic heterocycles. The number of fused-ring (bicyclic) bond motifs is 1. The Morgan fingerprint density at radius 3 is 2.19 bits per heavy atom. The van der Waals surface area contributed by atoms with Crippen LogP contribution in [0.3, 0.4) is 0 Å². The van der Waals surface area contributed by atoms with Gasteiger partial charge in [-0.05, 0) is 24.1 Å². The molecule has 1 aliphatic rings. The minimum absolute atomic E-state index is 0.183. The highest BCUT2D eigenvalue weighted by molar-refractivity contribution is 6.11. The lowest BCUT2D eigenvalue weighted by Gasteiger charge is -2.39. The summed E-state index contributed by atoms with van der Waals surface area (Å²) in [6, 6.07) is 28.7. The highest BCUT2D eigenvalue weighted by Crippen LogP contribution is 2.31. The standard InChI is InChI=1S/C28H29N3O/c1-21-26(24-14-8-9-15-25(24)29-21)28(32)27(23-12-6-3-7-13-23)31-18-16-30(17-19-31)20-22-10-4-2-5-11-22/h2-15,27,29H,16-20H2,1H3/t27-/m0/s1. The van der Waals surface area contributed by atoms with Gasteiger partial charge >= 0.3 is 0 Å². The summed E-state index contributed by atoms with van der Waals surface area (Å²) in [6.45, 7) is 6.63. The molecule has 0 aliphatic carbocycles. The van der Waals surface area contributed by atoms with Crippen LogP contribution in [-0.4, -0.2) is 46.7 Å². The second-order valence-corrected chi connectivity index (χ2v) is 8.65. The number of ketones is 1. The predicted octanol–water partition coefficient (Wildman–Crippen LogP) is 5.22. The van der Waals surface area contributed by atoms with Crippen molar-refractivity contribution in [1.29, 1.82) is 0 Å². The van der Waals surface area contributed by atoms with E-state index in [1.54, 1.807) is 0 Å². The number of aromatic nitrogens is 1. The fourth-order valence-electron chi connectivity index (χ4n) is 4.92. The van der Waals surface area contributed by atoms with Crippen LogP contribution in [0.2, 0.25) is 0 Å². The third-order valence-corrected chi connectivity index (χ3v) is 6.52. The summed E-state index contributed by atoms with van der Waals surface area (Å²) in [4.78, 5) is 22.3. The van der Waals surface area contributed by atoms with E-state index in [4.69, 9.17) is 0 Å². The molecule has 162 valence electrons. The Kier molecular flexibility index (Phi) is 5.89. The smallest absolute Gasteiger partial charge is 0.186 e. The number of aryl methyl sites for hydroxylation is 1. The van der Waals surface area contributed by atoms with Gasteiger partial charge in [0.15, 0.2) is 5.78 Å². The van der Waals surface area contributed by atoms with Crippen LogP contribution in [-0.2, 0) is 6.54 Å². The van der Waals surface area contributed by atoms with Crippen LogP contribution in [0.15, 0.2) is 84.9 Å². The monoisotopic (exact) mass is 423 g/mol. The zero-order valence-electron chi connectivity index (χ0n) is 18.5. The van der Waals surface area contributed by atoms with Gasteiger partial charge in [-0.1, -0.05) is 78.9 Å². The molecular formula is C28H29N3O. The lowest BCUT2D eigenvalue weighted by Crippen LogP contribution is -2.48. The number of para-hydroxylation sites is 1. The van der Waals surface area contributed by atoms with E-state index in [9.17, 15) is 4.79 Å². The summed E-state index contributed by atoms with van der Waals surface area (Å²) >= 11 is 0. The molecule has 0 spiro atoms. The number of rotatable bonds is 6. The van der Waals surface area contributed by atoms with E-state index in [0.29, 0.717) is 0 Å². The van der Waals surface area contributed by atoms with Crippen LogP contribution in [0.25, 0.3) is 10.9 Å². The topological polar surface area (TPSA) is 39.3 Å². The Hall–Kier alpha value is -3.21. The van der Waals surface area contributed by atoms with Gasteiger partial charge in [-0.2, -0.15) is 0 Å². The van der Waals surface area contributed by atoms with Crippen molar-refractivity contribution in [2.24, 2.45) is 0 Å². The second kappa shape index (κ2) is 9.11. The summed E-state index contributed by atoms with van der Waals surface area (Å²) in [5.41, 5.74) is 5.19. The van der Waals surface area contributed by atoms with Crippen LogP contribution in [0.1, 0.15) is 33.2 Å². The molecular weight excluding hydrogens is 394 g/mol. The molecule has 1 N–H and O–H groups in total. The number of hydrogen-bond donors (Lipinski definition) is 1. The average Bonchev–Trinajstić information content (AvgIpc) is 3.17. The number of Topliss-reactive ketones (excluding diaryl/α,β-unsaturated/α-hetero) is 1. The largest absolute Gasteiger partial charge is 0.358 e. The predicted molar refractivity (Wildman–Crippen MR) is 130 cm³/mol. The molecule has 5 rings (SSSR count). The van der Waals surface area contributed by atoms with Crippen LogP contribution in [0, 0.1) is 6.92 Å². The van der Waals surface area contributed by atoms with E-state index in [0.717, 1.165) is 60.4 Å². The molecule has 1 atom stereocenters. The first kappa shape index (κ1) is 20.7. The quantitative estimate of drug-likeness (QED) is 0.432. The van der Waals surface area contributed by atoms with Gasteiger partial charge in [0.25, 0.3) is 0 Å². The molecule has 1 fully saturated rings. The molecule has 0 amide bonds. The number of carbonyl (C=O) groups is 1. The minimum atomic E-state index is -0.270. The zero-order valence-corrected chi connectivity index (χ0v) is 18.5. The number of nitrogens with one attached hydrogen (secondary N) is 1. The Morgan fingerprint density at radius 1 is 0.844 bits per heavy atom. The summed E-state index contributed by atoms with van der Waals surface area (Å²) < 4.78 is 0. The van der Waals surface area contributed by atoms with Crippen molar-refractivity contribution in [3.05, 3.63) is 107 Å². The molecule has 32 heavy (non-hydrogen) atoms. The lowest BCUT2D eigenvalue weighted by atomic mass is 9.93. The molecule has 0 radical (unpaired) electrons. The molecule has 1 aromatic heterocycles. The fourth-order valence-corrected chi connectivity index (χ4v) is 4.92. The van der Waals surface area contributed by atoms with Crippen molar-refractivity contribution in [3.8, 4) is 0 Å². The van der Waals surface area contributed by atoms with E-state index in [2.05, 4.69) is 57.2 Å². The van der Waals surface area contributed by atoms with Gasteiger partial charge < -0.3 is 4.98 Å². The Labute approximate surface area is 189 Å². The van der Waals surface area contributed by atoms with Crippen molar-refractivity contribution in [2.45, 2.75) is 19.5 Å². The average molecular weight is 424 g/mol. The first-order valence-electron chi connectivity index (χ1n) is 11.4. The van der Waals surface area contributed by atoms with Gasteiger partial charge in [0, 0.05) is 54.9 Å². The van der Waals surface area contributed by atoms with Crippen molar-refractivity contribution in [1.82, 2.24) is 14.8 Å². The maximum absolute atomic E-state index is 14.0. The van der Waals surface area contributed by atoms with Crippen molar-refractivity contribution in [3.63, 3.8) is 0 Å².